The van der Waals surface area contributed by atoms with Crippen LogP contribution in [0.1, 0.15) is 36.1 Å². The maximum atomic E-state index is 12.5. The van der Waals surface area contributed by atoms with Crippen LogP contribution >= 0.6 is 0 Å². The van der Waals surface area contributed by atoms with E-state index in [9.17, 15) is 14.4 Å². The molecule has 3 rings (SSSR count). The molecule has 1 aliphatic rings. The van der Waals surface area contributed by atoms with Crippen LogP contribution in [0, 0.1) is 0 Å². The number of fused-ring (bicyclic) bond motifs is 1. The van der Waals surface area contributed by atoms with E-state index in [2.05, 4.69) is 10.2 Å². The number of benzene rings is 1. The lowest BCUT2D eigenvalue weighted by atomic mass is 9.87. The number of carbonyl (C=O) groups excluding carboxylic acids is 2. The average Bonchev–Trinajstić information content (AvgIpc) is 3.26. The van der Waals surface area contributed by atoms with Crippen molar-refractivity contribution in [3.05, 3.63) is 39.3 Å². The largest absolute Gasteiger partial charge is 0.493 e. The van der Waals surface area contributed by atoms with Crippen LogP contribution in [0.5, 0.6) is 17.2 Å². The number of ether oxygens (including phenoxy) is 4. The van der Waals surface area contributed by atoms with Gasteiger partial charge < -0.3 is 29.8 Å². The van der Waals surface area contributed by atoms with Crippen molar-refractivity contribution in [2.24, 2.45) is 5.73 Å². The molecule has 1 aliphatic heterocycles. The highest BCUT2D eigenvalue weighted by Crippen LogP contribution is 2.44. The summed E-state index contributed by atoms with van der Waals surface area (Å²) in [6.07, 6.45) is -0.307. The molecule has 0 bridgehead atoms. The van der Waals surface area contributed by atoms with Crippen molar-refractivity contribution >= 4 is 11.9 Å². The number of hydrogen-bond donors (Lipinski definition) is 3. The summed E-state index contributed by atoms with van der Waals surface area (Å²) in [6.45, 7) is 1.94. The summed E-state index contributed by atoms with van der Waals surface area (Å²) in [4.78, 5) is 36.1. The molecule has 10 nitrogen and oxygen atoms in total. The smallest absolute Gasteiger partial charge is 0.311 e. The second-order valence-electron chi connectivity index (χ2n) is 6.13. The van der Waals surface area contributed by atoms with Crippen LogP contribution in [0.2, 0.25) is 0 Å². The first-order valence-corrected chi connectivity index (χ1v) is 8.65. The Morgan fingerprint density at radius 3 is 2.75 bits per heavy atom. The molecular weight excluding hydrogens is 370 g/mol. The second-order valence-corrected chi connectivity index (χ2v) is 6.13. The number of nitrogens with one attached hydrogen (secondary N) is 2. The van der Waals surface area contributed by atoms with Gasteiger partial charge in [0.15, 0.2) is 11.5 Å². The van der Waals surface area contributed by atoms with E-state index < -0.39 is 23.4 Å². The number of nitrogens with two attached hydrogens (primary N) is 1. The lowest BCUT2D eigenvalue weighted by molar-refractivity contribution is -0.142. The highest BCUT2D eigenvalue weighted by Gasteiger charge is 2.29. The monoisotopic (exact) mass is 391 g/mol. The summed E-state index contributed by atoms with van der Waals surface area (Å²) in [6, 6.07) is 3.32. The van der Waals surface area contributed by atoms with Crippen molar-refractivity contribution in [2.75, 3.05) is 20.5 Å². The molecule has 1 atom stereocenters. The van der Waals surface area contributed by atoms with Gasteiger partial charge in [0.05, 0.1) is 25.8 Å². The quantitative estimate of drug-likeness (QED) is 0.557. The van der Waals surface area contributed by atoms with E-state index in [4.69, 9.17) is 24.7 Å². The van der Waals surface area contributed by atoms with E-state index in [-0.39, 0.29) is 31.8 Å². The van der Waals surface area contributed by atoms with Gasteiger partial charge in [0.2, 0.25) is 18.4 Å². The summed E-state index contributed by atoms with van der Waals surface area (Å²) < 4.78 is 21.1. The molecule has 1 amide bonds. The van der Waals surface area contributed by atoms with E-state index in [1.54, 1.807) is 19.1 Å². The molecular formula is C18H21N3O7. The van der Waals surface area contributed by atoms with Crippen LogP contribution in [0.15, 0.2) is 16.9 Å². The number of rotatable bonds is 8. The Bertz CT molecular complexity index is 947. The van der Waals surface area contributed by atoms with Crippen molar-refractivity contribution in [3.63, 3.8) is 0 Å². The van der Waals surface area contributed by atoms with E-state index in [1.807, 2.05) is 0 Å². The fourth-order valence-electron chi connectivity index (χ4n) is 3.21. The van der Waals surface area contributed by atoms with E-state index in [0.717, 1.165) is 0 Å². The molecule has 1 aromatic heterocycles. The van der Waals surface area contributed by atoms with Gasteiger partial charge in [-0.05, 0) is 24.6 Å². The molecule has 28 heavy (non-hydrogen) atoms. The number of aromatic nitrogens is 2. The van der Waals surface area contributed by atoms with Gasteiger partial charge in [-0.25, -0.2) is 0 Å². The Kier molecular flexibility index (Phi) is 5.57. The number of carbonyl (C=O) groups is 2. The molecule has 4 N–H and O–H groups in total. The minimum Gasteiger partial charge on any atom is -0.493 e. The molecule has 0 radical (unpaired) electrons. The molecule has 0 saturated heterocycles. The van der Waals surface area contributed by atoms with Crippen molar-refractivity contribution in [1.82, 2.24) is 10.2 Å². The van der Waals surface area contributed by atoms with E-state index in [0.29, 0.717) is 28.5 Å². The summed E-state index contributed by atoms with van der Waals surface area (Å²) in [7, 11) is 1.47. The van der Waals surface area contributed by atoms with Gasteiger partial charge in [0, 0.05) is 17.9 Å². The molecule has 0 fully saturated rings. The molecule has 10 heteroatoms. The fourth-order valence-corrected chi connectivity index (χ4v) is 3.21. The summed E-state index contributed by atoms with van der Waals surface area (Å²) in [5.41, 5.74) is 6.09. The lowest BCUT2D eigenvalue weighted by Gasteiger charge is -2.17. The number of hydrogen-bond acceptors (Lipinski definition) is 7. The van der Waals surface area contributed by atoms with Gasteiger partial charge >= 0.3 is 5.97 Å². The van der Waals surface area contributed by atoms with Crippen LogP contribution in [-0.2, 0) is 20.7 Å². The summed E-state index contributed by atoms with van der Waals surface area (Å²) >= 11 is 0. The zero-order valence-electron chi connectivity index (χ0n) is 15.5. The topological polar surface area (TPSA) is 146 Å². The van der Waals surface area contributed by atoms with Crippen LogP contribution in [0.3, 0.4) is 0 Å². The fraction of sp³-hybridized carbons (Fsp3) is 0.389. The van der Waals surface area contributed by atoms with E-state index >= 15 is 0 Å². The van der Waals surface area contributed by atoms with Crippen LogP contribution in [0.25, 0.3) is 0 Å². The molecule has 1 aromatic carbocycles. The van der Waals surface area contributed by atoms with Crippen molar-refractivity contribution in [3.8, 4) is 17.2 Å². The number of amides is 1. The highest BCUT2D eigenvalue weighted by molar-refractivity contribution is 5.76. The number of methoxy groups -OCH3 is 1. The van der Waals surface area contributed by atoms with Gasteiger partial charge in [-0.1, -0.05) is 0 Å². The lowest BCUT2D eigenvalue weighted by Crippen LogP contribution is -2.22. The molecule has 2 aromatic rings. The molecule has 0 spiro atoms. The van der Waals surface area contributed by atoms with Crippen LogP contribution in [0.4, 0.5) is 0 Å². The number of primary amides is 1. The predicted molar refractivity (Wildman–Crippen MR) is 96.5 cm³/mol. The maximum absolute atomic E-state index is 12.5. The number of esters is 1. The Labute approximate surface area is 159 Å². The Hall–Kier alpha value is -3.43. The standard InChI is InChI=1S/C18H21N3O7/c1-3-26-15(23)7-11-16(18(24)21-20-11)10(6-14(19)22)9-4-12(25-2)17-13(5-9)27-8-28-17/h4-5,10H,3,6-8H2,1-2H3,(H2,19,22)(H2,20,21,24)/t10-/m1/s1. The number of H-pyrrole nitrogens is 2. The van der Waals surface area contributed by atoms with Crippen molar-refractivity contribution in [2.45, 2.75) is 25.7 Å². The van der Waals surface area contributed by atoms with Crippen molar-refractivity contribution in [1.29, 1.82) is 0 Å². The summed E-state index contributed by atoms with van der Waals surface area (Å²) in [5, 5.41) is 5.15. The molecule has 0 unspecified atom stereocenters. The molecule has 150 valence electrons. The third kappa shape index (κ3) is 3.80. The minimum atomic E-state index is -0.722. The Balaban J connectivity index is 2.08. The second kappa shape index (κ2) is 8.07. The average molecular weight is 391 g/mol. The van der Waals surface area contributed by atoms with Gasteiger partial charge in [-0.2, -0.15) is 0 Å². The first-order chi connectivity index (χ1) is 13.4. The van der Waals surface area contributed by atoms with Gasteiger partial charge in [-0.15, -0.1) is 0 Å². The van der Waals surface area contributed by atoms with E-state index in [1.165, 1.54) is 7.11 Å². The predicted octanol–water partition coefficient (Wildman–Crippen LogP) is 0.553. The van der Waals surface area contributed by atoms with Gasteiger partial charge in [0.1, 0.15) is 0 Å². The highest BCUT2D eigenvalue weighted by atomic mass is 16.7. The molecule has 0 saturated carbocycles. The van der Waals surface area contributed by atoms with Gasteiger partial charge in [-0.3, -0.25) is 19.5 Å². The normalized spacial score (nSPS) is 13.2. The zero-order chi connectivity index (χ0) is 20.3. The zero-order valence-corrected chi connectivity index (χ0v) is 15.5. The van der Waals surface area contributed by atoms with Crippen molar-refractivity contribution < 1.29 is 28.5 Å². The van der Waals surface area contributed by atoms with Crippen LogP contribution in [-0.4, -0.2) is 42.6 Å². The third-order valence-electron chi connectivity index (χ3n) is 4.36. The number of aromatic amines is 2. The Morgan fingerprint density at radius 2 is 2.07 bits per heavy atom. The minimum absolute atomic E-state index is 0.0362. The maximum Gasteiger partial charge on any atom is 0.311 e. The summed E-state index contributed by atoms with van der Waals surface area (Å²) in [5.74, 6) is -0.551. The molecule has 2 heterocycles. The first-order valence-electron chi connectivity index (χ1n) is 8.65. The van der Waals surface area contributed by atoms with Gasteiger partial charge in [0.25, 0.3) is 5.56 Å². The third-order valence-corrected chi connectivity index (χ3v) is 4.36. The van der Waals surface area contributed by atoms with Crippen LogP contribution < -0.4 is 25.5 Å². The molecule has 0 aliphatic carbocycles. The first kappa shape index (κ1) is 19.3. The Morgan fingerprint density at radius 1 is 1.29 bits per heavy atom. The SMILES string of the molecule is CCOC(=O)Cc1[nH][nH]c(=O)c1[C@H](CC(N)=O)c1cc(OC)c2c(c1)OCO2.